The molecule has 1 N–H and O–H groups in total. The van der Waals surface area contributed by atoms with E-state index >= 15 is 0 Å². The van der Waals surface area contributed by atoms with Crippen LogP contribution in [0.5, 0.6) is 0 Å². The number of carbonyl (C=O) groups excluding carboxylic acids is 2. The highest BCUT2D eigenvalue weighted by atomic mass is 35.5. The van der Waals surface area contributed by atoms with Crippen LogP contribution in [0.15, 0.2) is 83.8 Å². The molecule has 0 heterocycles. The van der Waals surface area contributed by atoms with Gasteiger partial charge in [0.25, 0.3) is 0 Å². The maximum Gasteiger partial charge on any atom is 0.243 e. The number of aryl methyl sites for hydroxylation is 1. The summed E-state index contributed by atoms with van der Waals surface area (Å²) in [4.78, 5) is 29.8. The lowest BCUT2D eigenvalue weighted by Crippen LogP contribution is -2.51. The van der Waals surface area contributed by atoms with Crippen LogP contribution in [-0.2, 0) is 22.6 Å². The molecule has 0 radical (unpaired) electrons. The average molecular weight is 509 g/mol. The Morgan fingerprint density at radius 3 is 2.26 bits per heavy atom. The fraction of sp³-hybridized carbons (Fsp3) is 0.310. The van der Waals surface area contributed by atoms with E-state index in [0.717, 1.165) is 16.0 Å². The van der Waals surface area contributed by atoms with Crippen molar-refractivity contribution in [1.82, 2.24) is 10.2 Å². The second-order valence-corrected chi connectivity index (χ2v) is 10.5. The van der Waals surface area contributed by atoms with Crippen molar-refractivity contribution in [3.63, 3.8) is 0 Å². The highest BCUT2D eigenvalue weighted by Gasteiger charge is 2.30. The van der Waals surface area contributed by atoms with E-state index in [0.29, 0.717) is 23.6 Å². The van der Waals surface area contributed by atoms with Crippen molar-refractivity contribution < 1.29 is 9.59 Å². The van der Waals surface area contributed by atoms with E-state index in [2.05, 4.69) is 36.5 Å². The van der Waals surface area contributed by atoms with Gasteiger partial charge in [-0.2, -0.15) is 0 Å². The Morgan fingerprint density at radius 2 is 1.60 bits per heavy atom. The van der Waals surface area contributed by atoms with E-state index in [9.17, 15) is 9.59 Å². The van der Waals surface area contributed by atoms with Crippen molar-refractivity contribution >= 4 is 35.2 Å². The summed E-state index contributed by atoms with van der Waals surface area (Å²) in [7, 11) is 0. The third kappa shape index (κ3) is 8.44. The van der Waals surface area contributed by atoms with Gasteiger partial charge in [0.1, 0.15) is 6.04 Å². The van der Waals surface area contributed by atoms with E-state index in [1.807, 2.05) is 68.4 Å². The Bertz CT molecular complexity index is 1100. The number of rotatable bonds is 11. The molecular weight excluding hydrogens is 476 g/mol. The summed E-state index contributed by atoms with van der Waals surface area (Å²) >= 11 is 8.10. The summed E-state index contributed by atoms with van der Waals surface area (Å²) in [5, 5.41) is 3.60. The number of hydrogen-bond donors (Lipinski definition) is 1. The third-order valence-electron chi connectivity index (χ3n) is 5.61. The Morgan fingerprint density at radius 1 is 0.943 bits per heavy atom. The lowest BCUT2D eigenvalue weighted by atomic mass is 10.0. The van der Waals surface area contributed by atoms with E-state index < -0.39 is 6.04 Å². The molecule has 35 heavy (non-hydrogen) atoms. The standard InChI is InChI=1S/C29H33ClN2O2S/c1-21(2)31-29(34)27(19-23-9-5-4-6-10-23)32(20-24-11-7-8-12-26(24)30)28(33)17-18-35-25-15-13-22(3)14-16-25/h4-16,21,27H,17-20H2,1-3H3,(H,31,34)/t27-/m1/s1. The zero-order chi connectivity index (χ0) is 25.2. The van der Waals surface area contributed by atoms with Gasteiger partial charge < -0.3 is 10.2 Å². The summed E-state index contributed by atoms with van der Waals surface area (Å²) < 4.78 is 0. The van der Waals surface area contributed by atoms with Crippen LogP contribution >= 0.6 is 23.4 Å². The fourth-order valence-corrected chi connectivity index (χ4v) is 4.82. The first-order valence-corrected chi connectivity index (χ1v) is 13.3. The predicted molar refractivity (Wildman–Crippen MR) is 146 cm³/mol. The van der Waals surface area contributed by atoms with Crippen LogP contribution in [0.4, 0.5) is 0 Å². The van der Waals surface area contributed by atoms with Crippen molar-refractivity contribution in [2.75, 3.05) is 5.75 Å². The van der Waals surface area contributed by atoms with Gasteiger partial charge in [0, 0.05) is 41.1 Å². The van der Waals surface area contributed by atoms with Crippen molar-refractivity contribution in [2.45, 2.75) is 57.1 Å². The molecule has 3 aromatic carbocycles. The number of amides is 2. The number of benzene rings is 3. The first-order valence-electron chi connectivity index (χ1n) is 11.9. The zero-order valence-electron chi connectivity index (χ0n) is 20.5. The molecule has 0 spiro atoms. The number of thioether (sulfide) groups is 1. The molecule has 4 nitrogen and oxygen atoms in total. The van der Waals surface area contributed by atoms with Gasteiger partial charge in [-0.1, -0.05) is 77.8 Å². The van der Waals surface area contributed by atoms with Crippen LogP contribution in [0.3, 0.4) is 0 Å². The third-order valence-corrected chi connectivity index (χ3v) is 6.99. The maximum absolute atomic E-state index is 13.6. The molecule has 0 aromatic heterocycles. The van der Waals surface area contributed by atoms with Crippen LogP contribution in [0, 0.1) is 6.92 Å². The van der Waals surface area contributed by atoms with Gasteiger partial charge in [0.15, 0.2) is 0 Å². The monoisotopic (exact) mass is 508 g/mol. The van der Waals surface area contributed by atoms with Crippen LogP contribution < -0.4 is 5.32 Å². The number of carbonyl (C=O) groups is 2. The summed E-state index contributed by atoms with van der Waals surface area (Å²) in [5.74, 6) is 0.407. The lowest BCUT2D eigenvalue weighted by Gasteiger charge is -2.32. The molecule has 1 atom stereocenters. The minimum atomic E-state index is -0.645. The second-order valence-electron chi connectivity index (χ2n) is 8.89. The summed E-state index contributed by atoms with van der Waals surface area (Å²) in [6, 6.07) is 24.9. The number of nitrogens with zero attached hydrogens (tertiary/aromatic N) is 1. The predicted octanol–water partition coefficient (Wildman–Crippen LogP) is 6.30. The molecular formula is C29H33ClN2O2S. The van der Waals surface area contributed by atoms with Crippen LogP contribution in [0.1, 0.15) is 37.0 Å². The Labute approximate surface area is 218 Å². The molecule has 0 bridgehead atoms. The minimum absolute atomic E-state index is 0.0323. The highest BCUT2D eigenvalue weighted by molar-refractivity contribution is 7.99. The minimum Gasteiger partial charge on any atom is -0.352 e. The van der Waals surface area contributed by atoms with Crippen molar-refractivity contribution in [3.8, 4) is 0 Å². The Hall–Kier alpha value is -2.76. The molecule has 0 aliphatic rings. The molecule has 0 aliphatic heterocycles. The Balaban J connectivity index is 1.85. The molecule has 0 fully saturated rings. The largest absolute Gasteiger partial charge is 0.352 e. The van der Waals surface area contributed by atoms with E-state index in [-0.39, 0.29) is 24.4 Å². The highest BCUT2D eigenvalue weighted by Crippen LogP contribution is 2.23. The molecule has 0 saturated heterocycles. The maximum atomic E-state index is 13.6. The number of hydrogen-bond acceptors (Lipinski definition) is 3. The normalized spacial score (nSPS) is 11.8. The number of halogens is 1. The zero-order valence-corrected chi connectivity index (χ0v) is 22.1. The van der Waals surface area contributed by atoms with Crippen molar-refractivity contribution in [1.29, 1.82) is 0 Å². The molecule has 3 rings (SSSR count). The molecule has 184 valence electrons. The van der Waals surface area contributed by atoms with Crippen LogP contribution in [-0.4, -0.2) is 34.6 Å². The van der Waals surface area contributed by atoms with Crippen LogP contribution in [0.25, 0.3) is 0 Å². The number of nitrogens with one attached hydrogen (secondary N) is 1. The first kappa shape index (κ1) is 26.8. The van der Waals surface area contributed by atoms with E-state index in [1.54, 1.807) is 16.7 Å². The molecule has 3 aromatic rings. The summed E-state index contributed by atoms with van der Waals surface area (Å²) in [6.45, 7) is 6.18. The fourth-order valence-electron chi connectivity index (χ4n) is 3.78. The molecule has 6 heteroatoms. The average Bonchev–Trinajstić information content (AvgIpc) is 2.83. The quantitative estimate of drug-likeness (QED) is 0.309. The second kappa shape index (κ2) is 13.4. The van der Waals surface area contributed by atoms with Gasteiger partial charge >= 0.3 is 0 Å². The van der Waals surface area contributed by atoms with Gasteiger partial charge in [0.05, 0.1) is 0 Å². The molecule has 0 unspecified atom stereocenters. The summed E-state index contributed by atoms with van der Waals surface area (Å²) in [6.07, 6.45) is 0.754. The Kier molecular flexibility index (Phi) is 10.2. The topological polar surface area (TPSA) is 49.4 Å². The van der Waals surface area contributed by atoms with Gasteiger partial charge in [-0.3, -0.25) is 9.59 Å². The lowest BCUT2D eigenvalue weighted by molar-refractivity contribution is -0.141. The van der Waals surface area contributed by atoms with Gasteiger partial charge in [-0.25, -0.2) is 0 Å². The van der Waals surface area contributed by atoms with E-state index in [4.69, 9.17) is 11.6 Å². The van der Waals surface area contributed by atoms with Crippen molar-refractivity contribution in [2.24, 2.45) is 0 Å². The SMILES string of the molecule is Cc1ccc(SCCC(=O)N(Cc2ccccc2Cl)[C@H](Cc2ccccc2)C(=O)NC(C)C)cc1. The van der Waals surface area contributed by atoms with E-state index in [1.165, 1.54) is 5.56 Å². The molecule has 2 amide bonds. The smallest absolute Gasteiger partial charge is 0.243 e. The van der Waals surface area contributed by atoms with Crippen LogP contribution in [0.2, 0.25) is 5.02 Å². The molecule has 0 aliphatic carbocycles. The van der Waals surface area contributed by atoms with Crippen molar-refractivity contribution in [3.05, 3.63) is 101 Å². The molecule has 0 saturated carbocycles. The van der Waals surface area contributed by atoms with Gasteiger partial charge in [0.2, 0.25) is 11.8 Å². The van der Waals surface area contributed by atoms with Gasteiger partial charge in [-0.15, -0.1) is 11.8 Å². The van der Waals surface area contributed by atoms with Gasteiger partial charge in [-0.05, 0) is 50.1 Å². The first-order chi connectivity index (χ1) is 16.8. The summed E-state index contributed by atoms with van der Waals surface area (Å²) in [5.41, 5.74) is 3.03.